The molecule has 2 heterocycles. The first kappa shape index (κ1) is 20.9. The van der Waals surface area contributed by atoms with E-state index in [2.05, 4.69) is 0 Å². The molecule has 0 saturated carbocycles. The van der Waals surface area contributed by atoms with E-state index < -0.39 is 10.0 Å². The number of likely N-dealkylation sites (tertiary alicyclic amines) is 1. The Kier molecular flexibility index (Phi) is 6.11. The molecule has 0 N–H and O–H groups in total. The van der Waals surface area contributed by atoms with E-state index in [1.54, 1.807) is 25.3 Å². The van der Waals surface area contributed by atoms with Gasteiger partial charge in [-0.05, 0) is 61.6 Å². The predicted molar refractivity (Wildman–Crippen MR) is 115 cm³/mol. The molecule has 4 rings (SSSR count). The van der Waals surface area contributed by atoms with Crippen LogP contribution in [0.15, 0.2) is 53.4 Å². The van der Waals surface area contributed by atoms with Crippen molar-refractivity contribution in [3.63, 3.8) is 0 Å². The number of sulfonamides is 1. The van der Waals surface area contributed by atoms with Crippen molar-refractivity contribution in [2.75, 3.05) is 26.7 Å². The Morgan fingerprint density at radius 3 is 2.40 bits per heavy atom. The molecule has 2 aliphatic heterocycles. The van der Waals surface area contributed by atoms with Crippen LogP contribution in [0.25, 0.3) is 0 Å². The Bertz CT molecular complexity index is 998. The Hall–Kier alpha value is -2.38. The quantitative estimate of drug-likeness (QED) is 0.726. The molecule has 2 aliphatic rings. The molecule has 0 bridgehead atoms. The van der Waals surface area contributed by atoms with Crippen LogP contribution in [0.1, 0.15) is 54.1 Å². The Morgan fingerprint density at radius 2 is 1.70 bits per heavy atom. The lowest BCUT2D eigenvalue weighted by Crippen LogP contribution is -2.36. The number of carbonyl (C=O) groups excluding carboxylic acids is 1. The second-order valence-electron chi connectivity index (χ2n) is 7.92. The number of amides is 1. The second kappa shape index (κ2) is 8.78. The van der Waals surface area contributed by atoms with Gasteiger partial charge in [0.25, 0.3) is 5.91 Å². The molecule has 160 valence electrons. The normalized spacial score (nSPS) is 20.3. The molecule has 7 heteroatoms. The van der Waals surface area contributed by atoms with Gasteiger partial charge in [-0.15, -0.1) is 0 Å². The number of ether oxygens (including phenoxy) is 1. The minimum Gasteiger partial charge on any atom is -0.497 e. The van der Waals surface area contributed by atoms with Crippen molar-refractivity contribution >= 4 is 15.9 Å². The van der Waals surface area contributed by atoms with Gasteiger partial charge in [-0.1, -0.05) is 24.6 Å². The van der Waals surface area contributed by atoms with Crippen LogP contribution in [0.4, 0.5) is 0 Å². The number of methoxy groups -OCH3 is 1. The molecule has 2 aromatic rings. The van der Waals surface area contributed by atoms with Gasteiger partial charge in [-0.2, -0.15) is 4.31 Å². The molecule has 30 heavy (non-hydrogen) atoms. The van der Waals surface area contributed by atoms with Crippen LogP contribution in [0.3, 0.4) is 0 Å². The van der Waals surface area contributed by atoms with Crippen molar-refractivity contribution < 1.29 is 17.9 Å². The number of hydrogen-bond donors (Lipinski definition) is 0. The van der Waals surface area contributed by atoms with E-state index in [0.717, 1.165) is 43.4 Å². The highest BCUT2D eigenvalue weighted by molar-refractivity contribution is 7.89. The maximum Gasteiger partial charge on any atom is 0.254 e. The van der Waals surface area contributed by atoms with E-state index in [1.807, 2.05) is 29.2 Å². The van der Waals surface area contributed by atoms with Crippen LogP contribution >= 0.6 is 0 Å². The second-order valence-corrected chi connectivity index (χ2v) is 9.86. The van der Waals surface area contributed by atoms with Crippen molar-refractivity contribution in [1.82, 2.24) is 9.21 Å². The van der Waals surface area contributed by atoms with E-state index in [4.69, 9.17) is 4.74 Å². The monoisotopic (exact) mass is 428 g/mol. The molecule has 0 spiro atoms. The third kappa shape index (κ3) is 4.09. The number of rotatable bonds is 5. The molecule has 1 atom stereocenters. The summed E-state index contributed by atoms with van der Waals surface area (Å²) in [4.78, 5) is 15.4. The highest BCUT2D eigenvalue weighted by Crippen LogP contribution is 2.34. The van der Waals surface area contributed by atoms with E-state index >= 15 is 0 Å². The summed E-state index contributed by atoms with van der Waals surface area (Å²) in [5.41, 5.74) is 1.49. The number of piperidine rings is 1. The average Bonchev–Trinajstić information content (AvgIpc) is 3.29. The first-order valence-electron chi connectivity index (χ1n) is 10.6. The maximum absolute atomic E-state index is 13.3. The number of carbonyl (C=O) groups is 1. The summed E-state index contributed by atoms with van der Waals surface area (Å²) in [6.45, 7) is 1.76. The van der Waals surface area contributed by atoms with Crippen LogP contribution in [-0.4, -0.2) is 50.3 Å². The van der Waals surface area contributed by atoms with E-state index in [0.29, 0.717) is 25.2 Å². The molecule has 2 fully saturated rings. The Morgan fingerprint density at radius 1 is 0.967 bits per heavy atom. The number of nitrogens with zero attached hydrogens (tertiary/aromatic N) is 2. The lowest BCUT2D eigenvalue weighted by Gasteiger charge is -2.27. The molecular weight excluding hydrogens is 400 g/mol. The van der Waals surface area contributed by atoms with Gasteiger partial charge in [-0.25, -0.2) is 8.42 Å². The summed E-state index contributed by atoms with van der Waals surface area (Å²) < 4.78 is 32.8. The SMILES string of the molecule is COc1ccc(C2CCCN2C(=O)c2cccc(S(=O)(=O)N3CCCCC3)c2)cc1. The lowest BCUT2D eigenvalue weighted by molar-refractivity contribution is 0.0735. The molecule has 6 nitrogen and oxygen atoms in total. The maximum atomic E-state index is 13.3. The fraction of sp³-hybridized carbons (Fsp3) is 0.435. The molecule has 1 unspecified atom stereocenters. The van der Waals surface area contributed by atoms with Crippen LogP contribution in [-0.2, 0) is 10.0 Å². The topological polar surface area (TPSA) is 66.9 Å². The van der Waals surface area contributed by atoms with Crippen molar-refractivity contribution in [2.45, 2.75) is 43.0 Å². The van der Waals surface area contributed by atoms with Gasteiger partial charge < -0.3 is 9.64 Å². The van der Waals surface area contributed by atoms with Crippen molar-refractivity contribution in [3.05, 3.63) is 59.7 Å². The van der Waals surface area contributed by atoms with Crippen molar-refractivity contribution in [3.8, 4) is 5.75 Å². The van der Waals surface area contributed by atoms with Gasteiger partial charge in [0.05, 0.1) is 18.0 Å². The minimum atomic E-state index is -3.57. The summed E-state index contributed by atoms with van der Waals surface area (Å²) in [7, 11) is -1.94. The van der Waals surface area contributed by atoms with E-state index in [1.165, 1.54) is 10.4 Å². The van der Waals surface area contributed by atoms with Gasteiger partial charge in [0.15, 0.2) is 0 Å². The van der Waals surface area contributed by atoms with Crippen LogP contribution in [0.2, 0.25) is 0 Å². The first-order valence-corrected chi connectivity index (χ1v) is 12.0. The van der Waals surface area contributed by atoms with Gasteiger partial charge in [0, 0.05) is 25.2 Å². The zero-order valence-electron chi connectivity index (χ0n) is 17.3. The smallest absolute Gasteiger partial charge is 0.254 e. The summed E-state index contributed by atoms with van der Waals surface area (Å²) in [5.74, 6) is 0.661. The fourth-order valence-electron chi connectivity index (χ4n) is 4.39. The zero-order chi connectivity index (χ0) is 21.1. The van der Waals surface area contributed by atoms with Crippen LogP contribution < -0.4 is 4.74 Å². The number of benzene rings is 2. The predicted octanol–water partition coefficient (Wildman–Crippen LogP) is 3.85. The summed E-state index contributed by atoms with van der Waals surface area (Å²) in [6.07, 6.45) is 4.65. The lowest BCUT2D eigenvalue weighted by atomic mass is 10.0. The third-order valence-corrected chi connectivity index (χ3v) is 7.94. The van der Waals surface area contributed by atoms with Crippen molar-refractivity contribution in [1.29, 1.82) is 0 Å². The van der Waals surface area contributed by atoms with Gasteiger partial charge in [0.2, 0.25) is 10.0 Å². The standard InChI is InChI=1S/C23H28N2O4S/c1-29-20-12-10-18(11-13-20)22-9-6-16-25(22)23(26)19-7-5-8-21(17-19)30(27,28)24-14-3-2-4-15-24/h5,7-8,10-13,17,22H,2-4,6,9,14-16H2,1H3. The molecule has 0 radical (unpaired) electrons. The minimum absolute atomic E-state index is 0.00855. The molecular formula is C23H28N2O4S. The van der Waals surface area contributed by atoms with Gasteiger partial charge in [0.1, 0.15) is 5.75 Å². The highest BCUT2D eigenvalue weighted by Gasteiger charge is 2.32. The van der Waals surface area contributed by atoms with Crippen molar-refractivity contribution in [2.24, 2.45) is 0 Å². The fourth-order valence-corrected chi connectivity index (χ4v) is 5.96. The molecule has 1 amide bonds. The molecule has 2 aromatic carbocycles. The third-order valence-electron chi connectivity index (χ3n) is 6.05. The Labute approximate surface area is 178 Å². The highest BCUT2D eigenvalue weighted by atomic mass is 32.2. The summed E-state index contributed by atoms with van der Waals surface area (Å²) in [6, 6.07) is 14.3. The largest absolute Gasteiger partial charge is 0.497 e. The van der Waals surface area contributed by atoms with Gasteiger partial charge in [-0.3, -0.25) is 4.79 Å². The number of hydrogen-bond acceptors (Lipinski definition) is 4. The average molecular weight is 429 g/mol. The van der Waals surface area contributed by atoms with Crippen LogP contribution in [0, 0.1) is 0 Å². The Balaban J connectivity index is 1.57. The molecule has 0 aliphatic carbocycles. The summed E-state index contributed by atoms with van der Waals surface area (Å²) >= 11 is 0. The first-order chi connectivity index (χ1) is 14.5. The van der Waals surface area contributed by atoms with Gasteiger partial charge >= 0.3 is 0 Å². The summed E-state index contributed by atoms with van der Waals surface area (Å²) in [5, 5.41) is 0. The van der Waals surface area contributed by atoms with Crippen LogP contribution in [0.5, 0.6) is 5.75 Å². The van der Waals surface area contributed by atoms with E-state index in [-0.39, 0.29) is 16.8 Å². The molecule has 2 saturated heterocycles. The van der Waals surface area contributed by atoms with E-state index in [9.17, 15) is 13.2 Å². The zero-order valence-corrected chi connectivity index (χ0v) is 18.1. The molecule has 0 aromatic heterocycles.